The molecule has 0 bridgehead atoms. The number of methoxy groups -OCH3 is 1. The van der Waals surface area contributed by atoms with Gasteiger partial charge in [0.2, 0.25) is 9.47 Å². The summed E-state index contributed by atoms with van der Waals surface area (Å²) < 4.78 is 35.6. The SMILES string of the molecule is COCCOCCCNS(=O)(=O)c1nnc(N)s1. The zero-order valence-corrected chi connectivity index (χ0v) is 11.6. The Labute approximate surface area is 110 Å². The Hall–Kier alpha value is -0.810. The number of nitrogens with zero attached hydrogens (tertiary/aromatic N) is 2. The van der Waals surface area contributed by atoms with Gasteiger partial charge in [0.05, 0.1) is 13.2 Å². The van der Waals surface area contributed by atoms with Crippen molar-refractivity contribution in [3.8, 4) is 0 Å². The van der Waals surface area contributed by atoms with Crippen LogP contribution in [0.5, 0.6) is 0 Å². The fourth-order valence-corrected chi connectivity index (χ4v) is 2.91. The standard InChI is InChI=1S/C8H16N4O4S2/c1-15-5-6-16-4-2-3-10-18(13,14)8-12-11-7(9)17-8/h10H,2-6H2,1H3,(H2,9,11). The molecule has 0 aromatic carbocycles. The normalized spacial score (nSPS) is 11.8. The van der Waals surface area contributed by atoms with Crippen LogP contribution in [0.15, 0.2) is 4.34 Å². The third kappa shape index (κ3) is 5.23. The maximum atomic E-state index is 11.7. The molecule has 1 aromatic heterocycles. The van der Waals surface area contributed by atoms with Crippen molar-refractivity contribution in [2.75, 3.05) is 39.2 Å². The van der Waals surface area contributed by atoms with Gasteiger partial charge in [-0.1, -0.05) is 11.3 Å². The average molecular weight is 296 g/mol. The van der Waals surface area contributed by atoms with E-state index < -0.39 is 10.0 Å². The van der Waals surface area contributed by atoms with E-state index in [1.807, 2.05) is 0 Å². The summed E-state index contributed by atoms with van der Waals surface area (Å²) in [6, 6.07) is 0. The number of sulfonamides is 1. The van der Waals surface area contributed by atoms with Crippen molar-refractivity contribution in [1.29, 1.82) is 0 Å². The lowest BCUT2D eigenvalue weighted by molar-refractivity contribution is 0.0699. The number of ether oxygens (including phenoxy) is 2. The van der Waals surface area contributed by atoms with E-state index in [-0.39, 0.29) is 16.0 Å². The quantitative estimate of drug-likeness (QED) is 0.587. The molecular weight excluding hydrogens is 280 g/mol. The van der Waals surface area contributed by atoms with Crippen LogP contribution >= 0.6 is 11.3 Å². The number of nitrogens with one attached hydrogen (secondary N) is 1. The third-order valence-electron chi connectivity index (χ3n) is 1.84. The predicted molar refractivity (Wildman–Crippen MR) is 66.8 cm³/mol. The first-order valence-corrected chi connectivity index (χ1v) is 7.51. The number of rotatable bonds is 9. The van der Waals surface area contributed by atoms with Gasteiger partial charge in [-0.2, -0.15) is 0 Å². The Morgan fingerprint density at radius 2 is 2.11 bits per heavy atom. The van der Waals surface area contributed by atoms with E-state index in [0.29, 0.717) is 26.2 Å². The zero-order chi connectivity index (χ0) is 13.4. The van der Waals surface area contributed by atoms with Gasteiger partial charge in [-0.3, -0.25) is 0 Å². The van der Waals surface area contributed by atoms with Gasteiger partial charge in [0.15, 0.2) is 0 Å². The molecule has 0 aliphatic carbocycles. The highest BCUT2D eigenvalue weighted by Gasteiger charge is 2.18. The second-order valence-corrected chi connectivity index (χ2v) is 6.21. The fourth-order valence-electron chi connectivity index (χ4n) is 1.02. The zero-order valence-electron chi connectivity index (χ0n) is 9.96. The van der Waals surface area contributed by atoms with Crippen LogP contribution in [0.2, 0.25) is 0 Å². The number of anilines is 1. The van der Waals surface area contributed by atoms with Crippen molar-refractivity contribution in [3.63, 3.8) is 0 Å². The van der Waals surface area contributed by atoms with Crippen LogP contribution in [-0.2, 0) is 19.5 Å². The van der Waals surface area contributed by atoms with E-state index in [1.165, 1.54) is 0 Å². The van der Waals surface area contributed by atoms with Crippen LogP contribution in [0.25, 0.3) is 0 Å². The summed E-state index contributed by atoms with van der Waals surface area (Å²) in [6.07, 6.45) is 0.567. The van der Waals surface area contributed by atoms with Crippen LogP contribution in [0.1, 0.15) is 6.42 Å². The van der Waals surface area contributed by atoms with E-state index in [9.17, 15) is 8.42 Å². The Bertz CT molecular complexity index is 448. The van der Waals surface area contributed by atoms with Crippen molar-refractivity contribution in [1.82, 2.24) is 14.9 Å². The highest BCUT2D eigenvalue weighted by atomic mass is 32.2. The molecule has 104 valence electrons. The highest BCUT2D eigenvalue weighted by molar-refractivity contribution is 7.91. The first-order chi connectivity index (χ1) is 8.56. The molecular formula is C8H16N4O4S2. The Kier molecular flexibility index (Phi) is 6.43. The molecule has 18 heavy (non-hydrogen) atoms. The fraction of sp³-hybridized carbons (Fsp3) is 0.750. The van der Waals surface area contributed by atoms with Crippen molar-refractivity contribution < 1.29 is 17.9 Å². The van der Waals surface area contributed by atoms with Gasteiger partial charge in [-0.15, -0.1) is 10.2 Å². The summed E-state index contributed by atoms with van der Waals surface area (Å²) in [6.45, 7) is 1.75. The smallest absolute Gasteiger partial charge is 0.269 e. The maximum absolute atomic E-state index is 11.7. The summed E-state index contributed by atoms with van der Waals surface area (Å²) in [5.41, 5.74) is 5.32. The van der Waals surface area contributed by atoms with Gasteiger partial charge in [0.1, 0.15) is 0 Å². The molecule has 0 aliphatic heterocycles. The van der Waals surface area contributed by atoms with Crippen LogP contribution in [-0.4, -0.2) is 52.1 Å². The molecule has 0 fully saturated rings. The number of nitrogens with two attached hydrogens (primary N) is 1. The lowest BCUT2D eigenvalue weighted by atomic mass is 10.5. The molecule has 3 N–H and O–H groups in total. The lowest BCUT2D eigenvalue weighted by Gasteiger charge is -2.04. The molecule has 0 aliphatic rings. The monoisotopic (exact) mass is 296 g/mol. The second kappa shape index (κ2) is 7.59. The molecule has 0 atom stereocenters. The van der Waals surface area contributed by atoms with E-state index >= 15 is 0 Å². The molecule has 1 rings (SSSR count). The molecule has 0 radical (unpaired) electrons. The first kappa shape index (κ1) is 15.2. The average Bonchev–Trinajstić information content (AvgIpc) is 2.75. The third-order valence-corrected chi connectivity index (χ3v) is 4.42. The minimum absolute atomic E-state index is 0.123. The Balaban J connectivity index is 2.22. The van der Waals surface area contributed by atoms with Crippen LogP contribution in [0, 0.1) is 0 Å². The highest BCUT2D eigenvalue weighted by Crippen LogP contribution is 2.16. The molecule has 8 nitrogen and oxygen atoms in total. The van der Waals surface area contributed by atoms with Crippen LogP contribution in [0.3, 0.4) is 0 Å². The summed E-state index contributed by atoms with van der Waals surface area (Å²) in [4.78, 5) is 0. The van der Waals surface area contributed by atoms with E-state index in [2.05, 4.69) is 14.9 Å². The summed E-state index contributed by atoms with van der Waals surface area (Å²) in [5.74, 6) is 0. The number of hydrogen-bond donors (Lipinski definition) is 2. The minimum Gasteiger partial charge on any atom is -0.382 e. The van der Waals surface area contributed by atoms with E-state index in [1.54, 1.807) is 7.11 Å². The second-order valence-electron chi connectivity index (χ2n) is 3.26. The summed E-state index contributed by atoms with van der Waals surface area (Å²) in [7, 11) is -2.01. The number of aromatic nitrogens is 2. The van der Waals surface area contributed by atoms with Crippen molar-refractivity contribution in [3.05, 3.63) is 0 Å². The van der Waals surface area contributed by atoms with Crippen molar-refractivity contribution in [2.24, 2.45) is 0 Å². The number of nitrogen functional groups attached to an aromatic ring is 1. The minimum atomic E-state index is -3.60. The Morgan fingerprint density at radius 3 is 2.72 bits per heavy atom. The summed E-state index contributed by atoms with van der Waals surface area (Å²) in [5, 5.41) is 7.05. The largest absolute Gasteiger partial charge is 0.382 e. The molecule has 0 saturated carbocycles. The molecule has 0 amide bonds. The van der Waals surface area contributed by atoms with Crippen molar-refractivity contribution in [2.45, 2.75) is 10.8 Å². The predicted octanol–water partition coefficient (Wildman–Crippen LogP) is -0.548. The molecule has 0 saturated heterocycles. The van der Waals surface area contributed by atoms with Gasteiger partial charge < -0.3 is 15.2 Å². The number of hydrogen-bond acceptors (Lipinski definition) is 8. The molecule has 10 heteroatoms. The van der Waals surface area contributed by atoms with Gasteiger partial charge in [-0.25, -0.2) is 13.1 Å². The maximum Gasteiger partial charge on any atom is 0.269 e. The molecule has 0 spiro atoms. The Morgan fingerprint density at radius 1 is 1.33 bits per heavy atom. The van der Waals surface area contributed by atoms with Crippen molar-refractivity contribution >= 4 is 26.5 Å². The van der Waals surface area contributed by atoms with Crippen LogP contribution in [0.4, 0.5) is 5.13 Å². The van der Waals surface area contributed by atoms with Crippen LogP contribution < -0.4 is 10.5 Å². The van der Waals surface area contributed by atoms with Gasteiger partial charge >= 0.3 is 0 Å². The topological polar surface area (TPSA) is 116 Å². The van der Waals surface area contributed by atoms with E-state index in [0.717, 1.165) is 11.3 Å². The molecule has 1 heterocycles. The van der Waals surface area contributed by atoms with E-state index in [4.69, 9.17) is 15.2 Å². The molecule has 1 aromatic rings. The lowest BCUT2D eigenvalue weighted by Crippen LogP contribution is -2.25. The van der Waals surface area contributed by atoms with Gasteiger partial charge in [0.25, 0.3) is 10.0 Å². The van der Waals surface area contributed by atoms with Gasteiger partial charge in [-0.05, 0) is 6.42 Å². The summed E-state index contributed by atoms with van der Waals surface area (Å²) >= 11 is 0.827. The van der Waals surface area contributed by atoms with Gasteiger partial charge in [0, 0.05) is 20.3 Å². The molecule has 0 unspecified atom stereocenters. The first-order valence-electron chi connectivity index (χ1n) is 5.21.